The number of allylic oxidation sites excluding steroid dienone is 1. The summed E-state index contributed by atoms with van der Waals surface area (Å²) in [4.78, 5) is 22.8. The molecule has 0 aliphatic heterocycles. The molecule has 0 aromatic rings. The predicted molar refractivity (Wildman–Crippen MR) is 106 cm³/mol. The number of carboxylic acid groups (broad SMARTS) is 1. The average Bonchev–Trinajstić information content (AvgIpc) is 2.50. The Morgan fingerprint density at radius 1 is 0.962 bits per heavy atom. The van der Waals surface area contributed by atoms with Gasteiger partial charge in [-0.05, 0) is 12.8 Å². The zero-order valence-corrected chi connectivity index (χ0v) is 17.3. The van der Waals surface area contributed by atoms with E-state index >= 15 is 0 Å². The number of quaternary nitrogens is 1. The summed E-state index contributed by atoms with van der Waals surface area (Å²) in [7, 11) is 5.84. The first-order valence-electron chi connectivity index (χ1n) is 10.1. The Labute approximate surface area is 160 Å². The van der Waals surface area contributed by atoms with Crippen LogP contribution in [0.3, 0.4) is 0 Å². The number of nitrogens with zero attached hydrogens (tertiary/aromatic N) is 1. The lowest BCUT2D eigenvalue weighted by Gasteiger charge is -2.28. The van der Waals surface area contributed by atoms with Crippen molar-refractivity contribution in [1.82, 2.24) is 0 Å². The highest BCUT2D eigenvalue weighted by Crippen LogP contribution is 2.11. The van der Waals surface area contributed by atoms with Gasteiger partial charge in [0.25, 0.3) is 0 Å². The lowest BCUT2D eigenvalue weighted by Crippen LogP contribution is -2.43. The van der Waals surface area contributed by atoms with E-state index in [1.165, 1.54) is 57.4 Å². The molecule has 0 aliphatic rings. The van der Waals surface area contributed by atoms with Gasteiger partial charge >= 0.3 is 11.9 Å². The largest absolute Gasteiger partial charge is 0.481 e. The maximum Gasteiger partial charge on any atom is 0.330 e. The van der Waals surface area contributed by atoms with Gasteiger partial charge in [0.2, 0.25) is 0 Å². The smallest absolute Gasteiger partial charge is 0.330 e. The molecule has 5 nitrogen and oxygen atoms in total. The Kier molecular flexibility index (Phi) is 14.0. The summed E-state index contributed by atoms with van der Waals surface area (Å²) in [6, 6.07) is 0. The number of ether oxygens (including phenoxy) is 1. The third-order valence-electron chi connectivity index (χ3n) is 4.16. The van der Waals surface area contributed by atoms with E-state index in [-0.39, 0.29) is 6.42 Å². The number of hydrogen-bond donors (Lipinski definition) is 1. The molecule has 0 amide bonds. The first kappa shape index (κ1) is 24.6. The van der Waals surface area contributed by atoms with E-state index in [1.807, 2.05) is 27.2 Å². The van der Waals surface area contributed by atoms with Crippen molar-refractivity contribution in [3.05, 3.63) is 12.2 Å². The normalized spacial score (nSPS) is 13.1. The van der Waals surface area contributed by atoms with Crippen molar-refractivity contribution >= 4 is 11.9 Å². The number of carbonyl (C=O) groups excluding carboxylic acids is 1. The summed E-state index contributed by atoms with van der Waals surface area (Å²) in [6.07, 6.45) is 14.9. The topological polar surface area (TPSA) is 63.6 Å². The summed E-state index contributed by atoms with van der Waals surface area (Å²) in [5, 5.41) is 8.95. The molecule has 0 aliphatic carbocycles. The van der Waals surface area contributed by atoms with Crippen LogP contribution >= 0.6 is 0 Å². The second kappa shape index (κ2) is 14.8. The SMILES string of the molecule is CCCCCCCCCCCC=CC(=O)O[C@H](CC(=O)O)C[N+](C)(C)C. The number of esters is 1. The molecule has 0 rings (SSSR count). The van der Waals surface area contributed by atoms with Crippen LogP contribution in [0.4, 0.5) is 0 Å². The van der Waals surface area contributed by atoms with Crippen LogP contribution in [-0.4, -0.2) is 55.3 Å². The van der Waals surface area contributed by atoms with Crippen molar-refractivity contribution < 1.29 is 23.9 Å². The van der Waals surface area contributed by atoms with Gasteiger partial charge < -0.3 is 14.3 Å². The fourth-order valence-electron chi connectivity index (χ4n) is 2.91. The minimum Gasteiger partial charge on any atom is -0.481 e. The maximum absolute atomic E-state index is 11.9. The van der Waals surface area contributed by atoms with Gasteiger partial charge in [0.1, 0.15) is 6.54 Å². The molecule has 0 spiro atoms. The molecule has 152 valence electrons. The molecule has 1 N–H and O–H groups in total. The van der Waals surface area contributed by atoms with E-state index in [0.29, 0.717) is 11.0 Å². The van der Waals surface area contributed by atoms with Gasteiger partial charge in [0, 0.05) is 6.08 Å². The third-order valence-corrected chi connectivity index (χ3v) is 4.16. The lowest BCUT2D eigenvalue weighted by molar-refractivity contribution is -0.873. The van der Waals surface area contributed by atoms with E-state index in [0.717, 1.165) is 12.8 Å². The van der Waals surface area contributed by atoms with Gasteiger partial charge in [-0.1, -0.05) is 64.4 Å². The van der Waals surface area contributed by atoms with Gasteiger partial charge in [-0.2, -0.15) is 0 Å². The van der Waals surface area contributed by atoms with Crippen LogP contribution in [0.25, 0.3) is 0 Å². The van der Waals surface area contributed by atoms with Crippen LogP contribution in [0.5, 0.6) is 0 Å². The van der Waals surface area contributed by atoms with Crippen LogP contribution < -0.4 is 0 Å². The summed E-state index contributed by atoms with van der Waals surface area (Å²) in [5.74, 6) is -1.39. The van der Waals surface area contributed by atoms with Gasteiger partial charge in [0.15, 0.2) is 6.10 Å². The van der Waals surface area contributed by atoms with E-state index in [9.17, 15) is 9.59 Å². The predicted octanol–water partition coefficient (Wildman–Crippen LogP) is 4.56. The zero-order valence-electron chi connectivity index (χ0n) is 17.3. The van der Waals surface area contributed by atoms with E-state index in [2.05, 4.69) is 6.92 Å². The van der Waals surface area contributed by atoms with Crippen molar-refractivity contribution in [2.75, 3.05) is 27.7 Å². The second-order valence-electron chi connectivity index (χ2n) is 8.15. The van der Waals surface area contributed by atoms with Crippen LogP contribution in [0.15, 0.2) is 12.2 Å². The Hall–Kier alpha value is -1.36. The van der Waals surface area contributed by atoms with Crippen molar-refractivity contribution in [3.8, 4) is 0 Å². The first-order chi connectivity index (χ1) is 12.2. The van der Waals surface area contributed by atoms with Crippen LogP contribution in [0.1, 0.15) is 77.6 Å². The molecule has 0 heterocycles. The molecule has 0 aromatic carbocycles. The Morgan fingerprint density at radius 2 is 1.50 bits per heavy atom. The number of unbranched alkanes of at least 4 members (excludes halogenated alkanes) is 9. The molecular formula is C21H40NO4+. The molecule has 0 fully saturated rings. The highest BCUT2D eigenvalue weighted by molar-refractivity contribution is 5.82. The molecule has 5 heteroatoms. The molecular weight excluding hydrogens is 330 g/mol. The first-order valence-corrected chi connectivity index (χ1v) is 10.1. The van der Waals surface area contributed by atoms with Gasteiger partial charge in [0.05, 0.1) is 27.6 Å². The summed E-state index contributed by atoms with van der Waals surface area (Å²) >= 11 is 0. The van der Waals surface area contributed by atoms with E-state index < -0.39 is 18.0 Å². The van der Waals surface area contributed by atoms with Gasteiger partial charge in [-0.25, -0.2) is 4.79 Å². The number of rotatable bonds is 16. The zero-order chi connectivity index (χ0) is 19.8. The Bertz CT molecular complexity index is 413. The Morgan fingerprint density at radius 3 is 2.00 bits per heavy atom. The van der Waals surface area contributed by atoms with Crippen molar-refractivity contribution in [3.63, 3.8) is 0 Å². The Balaban J connectivity index is 3.87. The molecule has 0 saturated heterocycles. The molecule has 0 radical (unpaired) electrons. The fraction of sp³-hybridized carbons (Fsp3) is 0.810. The van der Waals surface area contributed by atoms with E-state index in [1.54, 1.807) is 0 Å². The molecule has 0 saturated carbocycles. The maximum atomic E-state index is 11.9. The molecule has 0 bridgehead atoms. The van der Waals surface area contributed by atoms with Gasteiger partial charge in [-0.3, -0.25) is 4.79 Å². The minimum atomic E-state index is -0.949. The van der Waals surface area contributed by atoms with Crippen LogP contribution in [-0.2, 0) is 14.3 Å². The van der Waals surface area contributed by atoms with Crippen LogP contribution in [0, 0.1) is 0 Å². The average molecular weight is 371 g/mol. The summed E-state index contributed by atoms with van der Waals surface area (Å²) < 4.78 is 5.86. The van der Waals surface area contributed by atoms with Crippen molar-refractivity contribution in [2.45, 2.75) is 83.7 Å². The molecule has 1 atom stereocenters. The lowest BCUT2D eigenvalue weighted by atomic mass is 10.1. The minimum absolute atomic E-state index is 0.159. The van der Waals surface area contributed by atoms with E-state index in [4.69, 9.17) is 9.84 Å². The van der Waals surface area contributed by atoms with Crippen LogP contribution in [0.2, 0.25) is 0 Å². The molecule has 26 heavy (non-hydrogen) atoms. The molecule has 0 aromatic heterocycles. The third kappa shape index (κ3) is 17.5. The van der Waals surface area contributed by atoms with Gasteiger partial charge in [-0.15, -0.1) is 0 Å². The number of carbonyl (C=O) groups is 2. The number of hydrogen-bond acceptors (Lipinski definition) is 3. The fourth-order valence-corrected chi connectivity index (χ4v) is 2.91. The number of likely N-dealkylation sites (N-methyl/N-ethyl adjacent to an activating group) is 1. The number of carboxylic acids is 1. The number of aliphatic carboxylic acids is 1. The highest BCUT2D eigenvalue weighted by atomic mass is 16.5. The standard InChI is InChI=1S/C21H39NO4/c1-5-6-7-8-9-10-11-12-13-14-15-16-21(25)26-19(17-20(23)24)18-22(2,3)4/h15-16,19H,5-14,17-18H2,1-4H3/p+1/t19-/m1/s1. The molecule has 0 unspecified atom stereocenters. The van der Waals surface area contributed by atoms with Crippen molar-refractivity contribution in [1.29, 1.82) is 0 Å². The second-order valence-corrected chi connectivity index (χ2v) is 8.15. The van der Waals surface area contributed by atoms with Crippen molar-refractivity contribution in [2.24, 2.45) is 0 Å². The summed E-state index contributed by atoms with van der Waals surface area (Å²) in [5.41, 5.74) is 0. The quantitative estimate of drug-likeness (QED) is 0.187. The summed E-state index contributed by atoms with van der Waals surface area (Å²) in [6.45, 7) is 2.71. The monoisotopic (exact) mass is 370 g/mol. The highest BCUT2D eigenvalue weighted by Gasteiger charge is 2.23.